The zero-order valence-electron chi connectivity index (χ0n) is 15.0. The summed E-state index contributed by atoms with van der Waals surface area (Å²) in [4.78, 5) is 4.86. The van der Waals surface area contributed by atoms with Crippen molar-refractivity contribution in [2.75, 3.05) is 38.3 Å². The standard InChI is InChI=1S/C21H22N2O4/c24-8-4-3-7-22-20-21(14-5-1-2-6-16(14)23-20)13-27-17-12-19-18(11-15(17)21)25-9-10-26-19/h1-2,5-6,11-12,24H,3-4,7-10,13H2,(H,22,23). The van der Waals surface area contributed by atoms with Gasteiger partial charge in [-0.1, -0.05) is 18.2 Å². The third-order valence-corrected chi connectivity index (χ3v) is 5.43. The number of nitrogens with one attached hydrogen (secondary N) is 1. The normalized spacial score (nSPS) is 23.1. The van der Waals surface area contributed by atoms with Crippen LogP contribution in [-0.4, -0.2) is 43.9 Å². The molecule has 5 rings (SSSR count). The average molecular weight is 366 g/mol. The van der Waals surface area contributed by atoms with E-state index in [9.17, 15) is 0 Å². The molecule has 3 aliphatic heterocycles. The first-order valence-electron chi connectivity index (χ1n) is 9.42. The molecule has 0 amide bonds. The maximum absolute atomic E-state index is 9.04. The fourth-order valence-electron chi connectivity index (χ4n) is 4.12. The molecule has 2 aromatic carbocycles. The minimum atomic E-state index is -0.457. The Hall–Kier alpha value is -2.73. The predicted octanol–water partition coefficient (Wildman–Crippen LogP) is 2.73. The van der Waals surface area contributed by atoms with Crippen LogP contribution in [0.25, 0.3) is 0 Å². The number of hydrogen-bond donors (Lipinski definition) is 2. The van der Waals surface area contributed by atoms with Crippen LogP contribution < -0.4 is 19.5 Å². The van der Waals surface area contributed by atoms with Crippen LogP contribution in [0, 0.1) is 0 Å². The molecule has 0 fully saturated rings. The predicted molar refractivity (Wildman–Crippen MR) is 102 cm³/mol. The highest BCUT2D eigenvalue weighted by atomic mass is 16.6. The zero-order valence-corrected chi connectivity index (χ0v) is 15.0. The van der Waals surface area contributed by atoms with Crippen LogP contribution in [0.2, 0.25) is 0 Å². The number of nitrogens with zero attached hydrogens (tertiary/aromatic N) is 1. The van der Waals surface area contributed by atoms with Crippen molar-refractivity contribution in [2.45, 2.75) is 18.3 Å². The summed E-state index contributed by atoms with van der Waals surface area (Å²) in [5, 5.41) is 12.5. The first-order valence-corrected chi connectivity index (χ1v) is 9.42. The molecular weight excluding hydrogens is 344 g/mol. The van der Waals surface area contributed by atoms with Gasteiger partial charge in [0.2, 0.25) is 0 Å². The van der Waals surface area contributed by atoms with Gasteiger partial charge < -0.3 is 24.6 Å². The van der Waals surface area contributed by atoms with Gasteiger partial charge in [0.05, 0.1) is 0 Å². The second-order valence-electron chi connectivity index (χ2n) is 7.02. The molecule has 140 valence electrons. The molecule has 0 saturated heterocycles. The van der Waals surface area contributed by atoms with Crippen molar-refractivity contribution >= 4 is 11.5 Å². The molecule has 2 N–H and O–H groups in total. The number of anilines is 1. The third-order valence-electron chi connectivity index (χ3n) is 5.43. The highest BCUT2D eigenvalue weighted by Crippen LogP contribution is 2.53. The van der Waals surface area contributed by atoms with Crippen molar-refractivity contribution in [1.29, 1.82) is 0 Å². The van der Waals surface area contributed by atoms with E-state index in [1.807, 2.05) is 24.3 Å². The number of rotatable bonds is 4. The maximum Gasteiger partial charge on any atom is 0.165 e. The van der Waals surface area contributed by atoms with Gasteiger partial charge in [0, 0.05) is 30.5 Å². The number of benzene rings is 2. The number of aliphatic imine (C=N–C) groups is 1. The van der Waals surface area contributed by atoms with Crippen LogP contribution in [0.4, 0.5) is 5.69 Å². The minimum absolute atomic E-state index is 0.194. The lowest BCUT2D eigenvalue weighted by atomic mass is 9.76. The van der Waals surface area contributed by atoms with Gasteiger partial charge in [-0.25, -0.2) is 0 Å². The summed E-state index contributed by atoms with van der Waals surface area (Å²) in [6, 6.07) is 12.3. The Labute approximate surface area is 157 Å². The summed E-state index contributed by atoms with van der Waals surface area (Å²) < 4.78 is 17.7. The fourth-order valence-corrected chi connectivity index (χ4v) is 4.12. The third kappa shape index (κ3) is 2.47. The first kappa shape index (κ1) is 16.4. The minimum Gasteiger partial charge on any atom is -0.491 e. The van der Waals surface area contributed by atoms with Gasteiger partial charge in [-0.05, 0) is 30.5 Å². The Bertz CT molecular complexity index is 911. The Balaban J connectivity index is 1.63. The Kier molecular flexibility index (Phi) is 3.93. The van der Waals surface area contributed by atoms with Gasteiger partial charge in [0.25, 0.3) is 0 Å². The molecule has 3 heterocycles. The molecule has 1 spiro atoms. The van der Waals surface area contributed by atoms with Crippen molar-refractivity contribution in [3.05, 3.63) is 47.5 Å². The second-order valence-corrected chi connectivity index (χ2v) is 7.02. The first-order chi connectivity index (χ1) is 13.3. The molecule has 0 radical (unpaired) electrons. The number of para-hydroxylation sites is 1. The van der Waals surface area contributed by atoms with E-state index in [2.05, 4.69) is 17.4 Å². The van der Waals surface area contributed by atoms with Gasteiger partial charge in [0.1, 0.15) is 36.8 Å². The molecule has 1 unspecified atom stereocenters. The van der Waals surface area contributed by atoms with E-state index in [0.717, 1.165) is 47.2 Å². The van der Waals surface area contributed by atoms with E-state index >= 15 is 0 Å². The maximum atomic E-state index is 9.04. The quantitative estimate of drug-likeness (QED) is 0.814. The summed E-state index contributed by atoms with van der Waals surface area (Å²) in [5.74, 6) is 3.21. The molecule has 27 heavy (non-hydrogen) atoms. The number of aliphatic hydroxyl groups is 1. The lowest BCUT2D eigenvalue weighted by Gasteiger charge is -2.25. The van der Waals surface area contributed by atoms with E-state index in [-0.39, 0.29) is 6.61 Å². The van der Waals surface area contributed by atoms with Gasteiger partial charge in [-0.3, -0.25) is 4.99 Å². The number of aliphatic hydroxyl groups excluding tert-OH is 1. The molecule has 0 bridgehead atoms. The van der Waals surface area contributed by atoms with Crippen LogP contribution in [0.1, 0.15) is 24.0 Å². The van der Waals surface area contributed by atoms with Crippen LogP contribution in [-0.2, 0) is 5.41 Å². The van der Waals surface area contributed by atoms with E-state index in [4.69, 9.17) is 24.3 Å². The van der Waals surface area contributed by atoms with Crippen molar-refractivity contribution in [1.82, 2.24) is 0 Å². The second kappa shape index (κ2) is 6.46. The van der Waals surface area contributed by atoms with Crippen molar-refractivity contribution < 1.29 is 19.3 Å². The topological polar surface area (TPSA) is 72.3 Å². The van der Waals surface area contributed by atoms with Gasteiger partial charge in [-0.15, -0.1) is 0 Å². The molecule has 0 aromatic heterocycles. The summed E-state index contributed by atoms with van der Waals surface area (Å²) >= 11 is 0. The van der Waals surface area contributed by atoms with Crippen LogP contribution in [0.15, 0.2) is 41.4 Å². The summed E-state index contributed by atoms with van der Waals surface area (Å²) in [7, 11) is 0. The van der Waals surface area contributed by atoms with E-state index in [1.165, 1.54) is 5.56 Å². The number of hydrogen-bond acceptors (Lipinski definition) is 5. The summed E-state index contributed by atoms with van der Waals surface area (Å²) in [6.07, 6.45) is 1.60. The molecule has 3 aliphatic rings. The molecule has 1 atom stereocenters. The SMILES string of the molecule is OCCCCN=C1Nc2ccccc2C12COc1cc3c(cc12)OCCO3. The summed E-state index contributed by atoms with van der Waals surface area (Å²) in [6.45, 7) is 2.46. The smallest absolute Gasteiger partial charge is 0.165 e. The van der Waals surface area contributed by atoms with Crippen LogP contribution in [0.3, 0.4) is 0 Å². The summed E-state index contributed by atoms with van der Waals surface area (Å²) in [5.41, 5.74) is 2.83. The Morgan fingerprint density at radius 3 is 2.63 bits per heavy atom. The monoisotopic (exact) mass is 366 g/mol. The molecule has 0 aliphatic carbocycles. The zero-order chi connectivity index (χ0) is 18.3. The Morgan fingerprint density at radius 1 is 0.963 bits per heavy atom. The number of ether oxygens (including phenoxy) is 3. The Morgan fingerprint density at radius 2 is 1.78 bits per heavy atom. The van der Waals surface area contributed by atoms with Crippen molar-refractivity contribution in [2.24, 2.45) is 4.99 Å². The lowest BCUT2D eigenvalue weighted by Crippen LogP contribution is -2.37. The average Bonchev–Trinajstić information content (AvgIpc) is 3.23. The molecule has 6 heteroatoms. The number of amidine groups is 1. The lowest BCUT2D eigenvalue weighted by molar-refractivity contribution is 0.171. The van der Waals surface area contributed by atoms with Crippen molar-refractivity contribution in [3.63, 3.8) is 0 Å². The number of fused-ring (bicyclic) bond motifs is 5. The van der Waals surface area contributed by atoms with Crippen LogP contribution >= 0.6 is 0 Å². The molecular formula is C21H22N2O4. The fraction of sp³-hybridized carbons (Fsp3) is 0.381. The van der Waals surface area contributed by atoms with Crippen LogP contribution in [0.5, 0.6) is 17.2 Å². The number of unbranched alkanes of at least 4 members (excludes halogenated alkanes) is 1. The molecule has 0 saturated carbocycles. The van der Waals surface area contributed by atoms with Gasteiger partial charge in [0.15, 0.2) is 11.5 Å². The van der Waals surface area contributed by atoms with E-state index in [0.29, 0.717) is 26.4 Å². The molecule has 6 nitrogen and oxygen atoms in total. The molecule has 2 aromatic rings. The highest BCUT2D eigenvalue weighted by molar-refractivity contribution is 6.13. The van der Waals surface area contributed by atoms with Gasteiger partial charge in [-0.2, -0.15) is 0 Å². The van der Waals surface area contributed by atoms with Crippen molar-refractivity contribution in [3.8, 4) is 17.2 Å². The van der Waals surface area contributed by atoms with Gasteiger partial charge >= 0.3 is 0 Å². The largest absolute Gasteiger partial charge is 0.491 e. The van der Waals surface area contributed by atoms with E-state index < -0.39 is 5.41 Å². The van der Waals surface area contributed by atoms with E-state index in [1.54, 1.807) is 0 Å². The highest BCUT2D eigenvalue weighted by Gasteiger charge is 2.52.